The van der Waals surface area contributed by atoms with Crippen LogP contribution in [0.5, 0.6) is 0 Å². The van der Waals surface area contributed by atoms with E-state index in [1.807, 2.05) is 54.6 Å². The lowest BCUT2D eigenvalue weighted by Crippen LogP contribution is -1.99. The summed E-state index contributed by atoms with van der Waals surface area (Å²) in [6.45, 7) is 0. The van der Waals surface area contributed by atoms with Gasteiger partial charge in [-0.2, -0.15) is 0 Å². The van der Waals surface area contributed by atoms with Gasteiger partial charge in [0.15, 0.2) is 0 Å². The Bertz CT molecular complexity index is 718. The second kappa shape index (κ2) is 5.34. The van der Waals surface area contributed by atoms with E-state index in [1.54, 1.807) is 18.2 Å². The largest absolute Gasteiger partial charge is 0.206 e. The molecule has 0 heterocycles. The molecule has 2 radical (unpaired) electrons. The van der Waals surface area contributed by atoms with Gasteiger partial charge in [-0.25, -0.2) is 4.39 Å². The summed E-state index contributed by atoms with van der Waals surface area (Å²) in [6, 6.07) is 22.3. The summed E-state index contributed by atoms with van der Waals surface area (Å²) in [7, 11) is 5.65. The maximum atomic E-state index is 14.3. The first-order valence-electron chi connectivity index (χ1n) is 6.45. The molecule has 0 N–H and O–H groups in total. The summed E-state index contributed by atoms with van der Waals surface area (Å²) >= 11 is 0. The molecule has 0 aliphatic rings. The molecule has 3 rings (SSSR count). The summed E-state index contributed by atoms with van der Waals surface area (Å²) in [4.78, 5) is 0. The van der Waals surface area contributed by atoms with Gasteiger partial charge in [0.1, 0.15) is 13.7 Å². The van der Waals surface area contributed by atoms with Crippen molar-refractivity contribution in [1.29, 1.82) is 0 Å². The highest BCUT2D eigenvalue weighted by Crippen LogP contribution is 2.27. The van der Waals surface area contributed by atoms with Gasteiger partial charge in [0.05, 0.1) is 0 Å². The molecule has 0 aliphatic heterocycles. The van der Waals surface area contributed by atoms with Crippen molar-refractivity contribution in [3.05, 3.63) is 78.6 Å². The van der Waals surface area contributed by atoms with Crippen LogP contribution in [0.25, 0.3) is 22.3 Å². The molecule has 0 atom stereocenters. The van der Waals surface area contributed by atoms with Crippen LogP contribution in [0.1, 0.15) is 0 Å². The molecule has 3 aromatic rings. The Kier molecular flexibility index (Phi) is 3.38. The van der Waals surface area contributed by atoms with Gasteiger partial charge in [-0.3, -0.25) is 0 Å². The van der Waals surface area contributed by atoms with Gasteiger partial charge < -0.3 is 0 Å². The van der Waals surface area contributed by atoms with Gasteiger partial charge in [-0.15, -0.1) is 0 Å². The minimum atomic E-state index is -0.226. The third-order valence-electron chi connectivity index (χ3n) is 3.30. The minimum Gasteiger partial charge on any atom is -0.206 e. The molecule has 20 heavy (non-hydrogen) atoms. The van der Waals surface area contributed by atoms with Crippen LogP contribution in [0.4, 0.5) is 4.39 Å². The summed E-state index contributed by atoms with van der Waals surface area (Å²) in [5.41, 5.74) is 3.98. The average Bonchev–Trinajstić information content (AvgIpc) is 2.49. The van der Waals surface area contributed by atoms with E-state index in [0.29, 0.717) is 11.0 Å². The fourth-order valence-corrected chi connectivity index (χ4v) is 2.22. The predicted molar refractivity (Wildman–Crippen MR) is 82.7 cm³/mol. The standard InChI is InChI=1S/C18H12BF/c19-16-9-6-14(7-10-16)17-11-8-15(12-18(17)20)13-4-2-1-3-5-13/h1-12H. The molecule has 0 nitrogen and oxygen atoms in total. The van der Waals surface area contributed by atoms with Crippen LogP contribution in [0.15, 0.2) is 72.8 Å². The molecule has 0 bridgehead atoms. The van der Waals surface area contributed by atoms with Crippen LogP contribution in [0, 0.1) is 5.82 Å². The molecular weight excluding hydrogens is 246 g/mol. The van der Waals surface area contributed by atoms with E-state index in [0.717, 1.165) is 16.7 Å². The summed E-state index contributed by atoms with van der Waals surface area (Å²) in [5.74, 6) is -0.226. The first-order valence-corrected chi connectivity index (χ1v) is 6.45. The monoisotopic (exact) mass is 258 g/mol. The molecule has 0 saturated carbocycles. The van der Waals surface area contributed by atoms with Crippen molar-refractivity contribution in [1.82, 2.24) is 0 Å². The highest BCUT2D eigenvalue weighted by atomic mass is 19.1. The van der Waals surface area contributed by atoms with Crippen molar-refractivity contribution >= 4 is 13.3 Å². The smallest absolute Gasteiger partial charge is 0.131 e. The number of hydrogen-bond donors (Lipinski definition) is 0. The number of rotatable bonds is 2. The van der Waals surface area contributed by atoms with E-state index in [2.05, 4.69) is 0 Å². The van der Waals surface area contributed by atoms with E-state index in [1.165, 1.54) is 0 Å². The Morgan fingerprint density at radius 1 is 0.650 bits per heavy atom. The maximum Gasteiger partial charge on any atom is 0.131 e. The Morgan fingerprint density at radius 2 is 1.30 bits per heavy atom. The molecule has 0 fully saturated rings. The fourth-order valence-electron chi connectivity index (χ4n) is 2.22. The van der Waals surface area contributed by atoms with Gasteiger partial charge >= 0.3 is 0 Å². The second-order valence-corrected chi connectivity index (χ2v) is 4.68. The van der Waals surface area contributed by atoms with E-state index in [-0.39, 0.29) is 5.82 Å². The number of benzene rings is 3. The molecule has 3 aromatic carbocycles. The van der Waals surface area contributed by atoms with Crippen molar-refractivity contribution in [2.24, 2.45) is 0 Å². The molecule has 0 unspecified atom stereocenters. The third kappa shape index (κ3) is 2.50. The third-order valence-corrected chi connectivity index (χ3v) is 3.30. The van der Waals surface area contributed by atoms with Gasteiger partial charge in [-0.1, -0.05) is 72.2 Å². The van der Waals surface area contributed by atoms with Crippen molar-refractivity contribution in [3.8, 4) is 22.3 Å². The fraction of sp³-hybridized carbons (Fsp3) is 0. The molecule has 0 aliphatic carbocycles. The Hall–Kier alpha value is -2.35. The molecule has 0 spiro atoms. The van der Waals surface area contributed by atoms with Gasteiger partial charge in [0.2, 0.25) is 0 Å². The van der Waals surface area contributed by atoms with Crippen LogP contribution >= 0.6 is 0 Å². The molecule has 94 valence electrons. The quantitative estimate of drug-likeness (QED) is 0.610. The Morgan fingerprint density at radius 3 is 1.95 bits per heavy atom. The molecule has 0 aromatic heterocycles. The van der Waals surface area contributed by atoms with Crippen LogP contribution in [-0.2, 0) is 0 Å². The van der Waals surface area contributed by atoms with Crippen LogP contribution in [-0.4, -0.2) is 7.85 Å². The zero-order valence-electron chi connectivity index (χ0n) is 10.9. The van der Waals surface area contributed by atoms with E-state index in [4.69, 9.17) is 7.85 Å². The maximum absolute atomic E-state index is 14.3. The van der Waals surface area contributed by atoms with Crippen molar-refractivity contribution < 1.29 is 4.39 Å². The van der Waals surface area contributed by atoms with Crippen LogP contribution < -0.4 is 5.46 Å². The van der Waals surface area contributed by atoms with Crippen molar-refractivity contribution in [2.75, 3.05) is 0 Å². The first kappa shape index (κ1) is 12.7. The minimum absolute atomic E-state index is 0.226. The first-order chi connectivity index (χ1) is 9.74. The van der Waals surface area contributed by atoms with E-state index >= 15 is 0 Å². The SMILES string of the molecule is [B]c1ccc(-c2ccc(-c3ccccc3)cc2F)cc1. The molecular formula is C18H12BF. The number of hydrogen-bond acceptors (Lipinski definition) is 0. The Balaban J connectivity index is 2.02. The van der Waals surface area contributed by atoms with Crippen molar-refractivity contribution in [3.63, 3.8) is 0 Å². The Labute approximate surface area is 119 Å². The van der Waals surface area contributed by atoms with Crippen molar-refractivity contribution in [2.45, 2.75) is 0 Å². The zero-order chi connectivity index (χ0) is 13.9. The molecule has 0 amide bonds. The zero-order valence-corrected chi connectivity index (χ0v) is 10.9. The van der Waals surface area contributed by atoms with Gasteiger partial charge in [0.25, 0.3) is 0 Å². The number of halogens is 1. The van der Waals surface area contributed by atoms with E-state index in [9.17, 15) is 4.39 Å². The van der Waals surface area contributed by atoms with E-state index < -0.39 is 0 Å². The average molecular weight is 258 g/mol. The lowest BCUT2D eigenvalue weighted by molar-refractivity contribution is 0.632. The topological polar surface area (TPSA) is 0 Å². The second-order valence-electron chi connectivity index (χ2n) is 4.68. The van der Waals surface area contributed by atoms with Gasteiger partial charge in [-0.05, 0) is 22.8 Å². The summed E-state index contributed by atoms with van der Waals surface area (Å²) in [5, 5.41) is 0. The lowest BCUT2D eigenvalue weighted by Gasteiger charge is -2.07. The summed E-state index contributed by atoms with van der Waals surface area (Å²) in [6.07, 6.45) is 0. The highest BCUT2D eigenvalue weighted by Gasteiger charge is 2.07. The normalized spacial score (nSPS) is 10.4. The van der Waals surface area contributed by atoms with Crippen LogP contribution in [0.3, 0.4) is 0 Å². The predicted octanol–water partition coefficient (Wildman–Crippen LogP) is 3.95. The molecule has 2 heteroatoms. The van der Waals surface area contributed by atoms with Crippen LogP contribution in [0.2, 0.25) is 0 Å². The highest BCUT2D eigenvalue weighted by molar-refractivity contribution is 6.32. The summed E-state index contributed by atoms with van der Waals surface area (Å²) < 4.78 is 14.3. The van der Waals surface area contributed by atoms with Gasteiger partial charge in [0, 0.05) is 5.56 Å². The molecule has 0 saturated heterocycles. The lowest BCUT2D eigenvalue weighted by atomic mass is 9.93.